The number of hydrogen-bond donors (Lipinski definition) is 0. The lowest BCUT2D eigenvalue weighted by molar-refractivity contribution is 0.0870. The van der Waals surface area contributed by atoms with Crippen LogP contribution in [-0.2, 0) is 0 Å². The Morgan fingerprint density at radius 3 is 0.863 bits per heavy atom. The van der Waals surface area contributed by atoms with Gasteiger partial charge < -0.3 is 34.3 Å². The molecule has 0 spiro atoms. The van der Waals surface area contributed by atoms with Crippen LogP contribution in [0.1, 0.15) is 250 Å². The predicted molar refractivity (Wildman–Crippen MR) is 326 cm³/mol. The molecular formula is C66H135N7. The third kappa shape index (κ3) is 31.8. The van der Waals surface area contributed by atoms with Gasteiger partial charge in [0.1, 0.15) is 0 Å². The van der Waals surface area contributed by atoms with Crippen LogP contribution < -0.4 is 0 Å². The molecule has 4 aliphatic carbocycles. The molecule has 4 aliphatic heterocycles. The SMILES string of the molecule is CC.CC.CC(C)(C)CCN1CCC(CC2CCCCC2)CC1.CC(C)(C)CN1CCN(CC2CCCCC2)CC1.CCCN1CCN(CC2CCCCC2)CC1.CCCN1CCN(CC2CCCCC2)CC1. The Bertz CT molecular complexity index is 1160. The first-order valence-corrected chi connectivity index (χ1v) is 33.4. The number of piperazine rings is 3. The molecule has 0 N–H and O–H groups in total. The van der Waals surface area contributed by atoms with Crippen LogP contribution in [0.15, 0.2) is 0 Å². The lowest BCUT2D eigenvalue weighted by atomic mass is 9.80. The van der Waals surface area contributed by atoms with Crippen molar-refractivity contribution in [3.05, 3.63) is 0 Å². The van der Waals surface area contributed by atoms with Gasteiger partial charge in [-0.2, -0.15) is 0 Å². The second-order valence-corrected chi connectivity index (χ2v) is 27.3. The van der Waals surface area contributed by atoms with Gasteiger partial charge in [0.2, 0.25) is 0 Å². The van der Waals surface area contributed by atoms with Gasteiger partial charge in [0.25, 0.3) is 0 Å². The Kier molecular flexibility index (Phi) is 36.7. The molecule has 434 valence electrons. The third-order valence-electron chi connectivity index (χ3n) is 18.2. The van der Waals surface area contributed by atoms with Crippen LogP contribution in [0, 0.1) is 40.4 Å². The molecule has 0 unspecified atom stereocenters. The zero-order valence-corrected chi connectivity index (χ0v) is 52.3. The molecule has 7 heteroatoms. The topological polar surface area (TPSA) is 22.7 Å². The summed E-state index contributed by atoms with van der Waals surface area (Å²) in [7, 11) is 0. The smallest absolute Gasteiger partial charge is 0.0110 e. The minimum absolute atomic E-state index is 0.450. The second kappa shape index (κ2) is 40.0. The van der Waals surface area contributed by atoms with Crippen LogP contribution in [0.3, 0.4) is 0 Å². The summed E-state index contributed by atoms with van der Waals surface area (Å²) in [4.78, 5) is 18.7. The van der Waals surface area contributed by atoms with Gasteiger partial charge >= 0.3 is 0 Å². The van der Waals surface area contributed by atoms with Gasteiger partial charge in [-0.3, -0.25) is 0 Å². The highest BCUT2D eigenvalue weighted by Crippen LogP contribution is 2.34. The van der Waals surface area contributed by atoms with Crippen LogP contribution in [-0.4, -0.2) is 172 Å². The average Bonchev–Trinajstić information content (AvgIpc) is 3.40. The van der Waals surface area contributed by atoms with Gasteiger partial charge in [-0.15, -0.1) is 0 Å². The van der Waals surface area contributed by atoms with Gasteiger partial charge in [0, 0.05) is 105 Å². The van der Waals surface area contributed by atoms with E-state index in [1.165, 1.54) is 298 Å². The lowest BCUT2D eigenvalue weighted by Gasteiger charge is -2.39. The van der Waals surface area contributed by atoms with Crippen LogP contribution in [0.5, 0.6) is 0 Å². The van der Waals surface area contributed by atoms with Crippen molar-refractivity contribution in [3.8, 4) is 0 Å². The van der Waals surface area contributed by atoms with E-state index in [1.54, 1.807) is 6.42 Å². The summed E-state index contributed by atoms with van der Waals surface area (Å²) < 4.78 is 0. The molecule has 0 aromatic heterocycles. The van der Waals surface area contributed by atoms with Crippen LogP contribution in [0.25, 0.3) is 0 Å². The first kappa shape index (κ1) is 67.0. The molecule has 7 nitrogen and oxygen atoms in total. The molecular weight excluding hydrogens is 891 g/mol. The Morgan fingerprint density at radius 2 is 0.562 bits per heavy atom. The number of nitrogens with zero attached hydrogens (tertiary/aromatic N) is 7. The van der Waals surface area contributed by atoms with E-state index in [9.17, 15) is 0 Å². The molecule has 4 saturated carbocycles. The van der Waals surface area contributed by atoms with Crippen molar-refractivity contribution in [3.63, 3.8) is 0 Å². The first-order valence-electron chi connectivity index (χ1n) is 33.4. The van der Waals surface area contributed by atoms with Crippen molar-refractivity contribution in [1.82, 2.24) is 34.3 Å². The van der Waals surface area contributed by atoms with Crippen molar-refractivity contribution >= 4 is 0 Å². The first-order chi connectivity index (χ1) is 35.3. The summed E-state index contributed by atoms with van der Waals surface area (Å²) in [6, 6.07) is 0. The van der Waals surface area contributed by atoms with E-state index in [2.05, 4.69) is 89.7 Å². The summed E-state index contributed by atoms with van der Waals surface area (Å²) >= 11 is 0. The van der Waals surface area contributed by atoms with E-state index in [1.807, 2.05) is 27.7 Å². The fourth-order valence-electron chi connectivity index (χ4n) is 13.9. The summed E-state index contributed by atoms with van der Waals surface area (Å²) in [5.74, 6) is 5.18. The van der Waals surface area contributed by atoms with Gasteiger partial charge in [0.15, 0.2) is 0 Å². The maximum absolute atomic E-state index is 2.72. The predicted octanol–water partition coefficient (Wildman–Crippen LogP) is 15.6. The Hall–Kier alpha value is -0.280. The normalized spacial score (nSPS) is 24.3. The number of likely N-dealkylation sites (tertiary alicyclic amines) is 1. The third-order valence-corrected chi connectivity index (χ3v) is 18.2. The summed E-state index contributed by atoms with van der Waals surface area (Å²) in [5.41, 5.74) is 0.949. The quantitative estimate of drug-likeness (QED) is 0.161. The van der Waals surface area contributed by atoms with Gasteiger partial charge in [-0.05, 0) is 150 Å². The molecule has 0 bridgehead atoms. The van der Waals surface area contributed by atoms with E-state index in [4.69, 9.17) is 0 Å². The van der Waals surface area contributed by atoms with Gasteiger partial charge in [-0.1, -0.05) is 173 Å². The second-order valence-electron chi connectivity index (χ2n) is 27.3. The fraction of sp³-hybridized carbons (Fsp3) is 1.00. The van der Waals surface area contributed by atoms with E-state index in [0.717, 1.165) is 29.6 Å². The largest absolute Gasteiger partial charge is 0.303 e. The monoisotopic (exact) mass is 1030 g/mol. The fourth-order valence-corrected chi connectivity index (χ4v) is 13.9. The lowest BCUT2D eigenvalue weighted by Crippen LogP contribution is -2.49. The zero-order valence-electron chi connectivity index (χ0n) is 52.3. The van der Waals surface area contributed by atoms with E-state index < -0.39 is 0 Å². The molecule has 8 aliphatic rings. The Balaban J connectivity index is 0.000000251. The summed E-state index contributed by atoms with van der Waals surface area (Å²) in [6.45, 7) is 54.4. The van der Waals surface area contributed by atoms with Gasteiger partial charge in [-0.25, -0.2) is 0 Å². The van der Waals surface area contributed by atoms with E-state index in [-0.39, 0.29) is 0 Å². The summed E-state index contributed by atoms with van der Waals surface area (Å²) in [5, 5.41) is 0. The highest BCUT2D eigenvalue weighted by atomic mass is 15.3. The van der Waals surface area contributed by atoms with E-state index >= 15 is 0 Å². The highest BCUT2D eigenvalue weighted by Gasteiger charge is 2.27. The highest BCUT2D eigenvalue weighted by molar-refractivity contribution is 4.81. The zero-order chi connectivity index (χ0) is 53.2. The molecule has 4 saturated heterocycles. The Labute approximate surface area is 460 Å². The Morgan fingerprint density at radius 1 is 0.288 bits per heavy atom. The van der Waals surface area contributed by atoms with Crippen molar-refractivity contribution < 1.29 is 0 Å². The molecule has 4 heterocycles. The standard InChI is InChI=1S/C18H35N.C16H32N2.2C14H28N2.2C2H6/c1-18(2,3)11-14-19-12-9-17(10-13-19)15-16-7-5-4-6-8-16;1-16(2,3)14-18-11-9-17(10-12-18)13-15-7-5-4-6-8-15;2*1-2-8-15-9-11-16(12-10-15)13-14-6-4-3-5-7-14;2*1-2/h16-17H,4-15H2,1-3H3;15H,4-14H2,1-3H3;2*14H,2-13H2,1H3;2*1-2H3. The minimum Gasteiger partial charge on any atom is -0.303 e. The van der Waals surface area contributed by atoms with Crippen LogP contribution >= 0.6 is 0 Å². The molecule has 8 fully saturated rings. The van der Waals surface area contributed by atoms with Crippen molar-refractivity contribution in [1.29, 1.82) is 0 Å². The number of piperidine rings is 1. The maximum Gasteiger partial charge on any atom is 0.0110 e. The molecule has 0 amide bonds. The van der Waals surface area contributed by atoms with E-state index in [0.29, 0.717) is 10.8 Å². The molecule has 0 atom stereocenters. The van der Waals surface area contributed by atoms with Crippen molar-refractivity contribution in [2.45, 2.75) is 250 Å². The summed E-state index contributed by atoms with van der Waals surface area (Å²) in [6.07, 6.45) is 38.4. The number of hydrogen-bond acceptors (Lipinski definition) is 7. The molecule has 0 aromatic rings. The van der Waals surface area contributed by atoms with Crippen molar-refractivity contribution in [2.75, 3.05) is 137 Å². The molecule has 73 heavy (non-hydrogen) atoms. The van der Waals surface area contributed by atoms with Crippen LogP contribution in [0.4, 0.5) is 0 Å². The molecule has 8 rings (SSSR count). The minimum atomic E-state index is 0.450. The van der Waals surface area contributed by atoms with Crippen molar-refractivity contribution in [2.24, 2.45) is 40.4 Å². The molecule has 0 aromatic carbocycles. The molecule has 0 radical (unpaired) electrons. The number of rotatable bonds is 15. The van der Waals surface area contributed by atoms with Gasteiger partial charge in [0.05, 0.1) is 0 Å². The maximum atomic E-state index is 2.72. The van der Waals surface area contributed by atoms with Crippen LogP contribution in [0.2, 0.25) is 0 Å². The average molecular weight is 1030 g/mol.